The maximum absolute atomic E-state index is 12.6. The van der Waals surface area contributed by atoms with Crippen molar-refractivity contribution in [2.24, 2.45) is 0 Å². The number of rotatable bonds is 7. The van der Waals surface area contributed by atoms with Crippen LogP contribution in [0.4, 0.5) is 14.5 Å². The molecule has 0 saturated heterocycles. The first-order chi connectivity index (χ1) is 13.0. The van der Waals surface area contributed by atoms with E-state index in [2.05, 4.69) is 15.5 Å². The van der Waals surface area contributed by atoms with E-state index in [1.54, 1.807) is 42.5 Å². The van der Waals surface area contributed by atoms with Crippen LogP contribution in [-0.4, -0.2) is 21.8 Å². The lowest BCUT2D eigenvalue weighted by atomic mass is 10.2. The lowest BCUT2D eigenvalue weighted by Crippen LogP contribution is -2.13. The van der Waals surface area contributed by atoms with Gasteiger partial charge >= 0.3 is 0 Å². The van der Waals surface area contributed by atoms with Crippen molar-refractivity contribution in [2.45, 2.75) is 23.5 Å². The number of para-hydroxylation sites is 1. The molecule has 1 aromatic heterocycles. The van der Waals surface area contributed by atoms with E-state index in [-0.39, 0.29) is 18.7 Å². The zero-order valence-corrected chi connectivity index (χ0v) is 15.4. The van der Waals surface area contributed by atoms with Crippen LogP contribution in [-0.2, 0) is 11.2 Å². The maximum atomic E-state index is 12.6. The van der Waals surface area contributed by atoms with Gasteiger partial charge in [0.25, 0.3) is 5.76 Å². The number of benzene rings is 2. The average molecular weight is 410 g/mol. The van der Waals surface area contributed by atoms with Gasteiger partial charge in [-0.25, -0.2) is 0 Å². The normalized spacial score (nSPS) is 11.0. The van der Waals surface area contributed by atoms with Gasteiger partial charge < -0.3 is 9.84 Å². The molecular formula is C18H14ClF2N3O2S. The largest absolute Gasteiger partial charge is 0.339 e. The third-order valence-corrected chi connectivity index (χ3v) is 4.55. The number of anilines is 1. The Morgan fingerprint density at radius 2 is 1.93 bits per heavy atom. The molecule has 9 heteroatoms. The lowest BCUT2D eigenvalue weighted by molar-refractivity contribution is -0.116. The van der Waals surface area contributed by atoms with Crippen LogP contribution in [0.15, 0.2) is 57.9 Å². The van der Waals surface area contributed by atoms with Crippen molar-refractivity contribution in [3.05, 3.63) is 59.4 Å². The molecule has 0 atom stereocenters. The molecule has 0 unspecified atom stereocenters. The number of halogens is 3. The van der Waals surface area contributed by atoms with E-state index in [1.165, 1.54) is 6.07 Å². The van der Waals surface area contributed by atoms with Gasteiger partial charge in [-0.15, -0.1) is 0 Å². The van der Waals surface area contributed by atoms with Crippen molar-refractivity contribution >= 4 is 35.0 Å². The number of carbonyl (C=O) groups excluding carboxylic acids is 1. The molecule has 1 heterocycles. The number of hydrogen-bond donors (Lipinski definition) is 1. The molecule has 0 aliphatic heterocycles. The van der Waals surface area contributed by atoms with Crippen molar-refractivity contribution in [3.8, 4) is 11.4 Å². The molecule has 0 radical (unpaired) electrons. The number of aryl methyl sites for hydroxylation is 1. The summed E-state index contributed by atoms with van der Waals surface area (Å²) in [4.78, 5) is 16.7. The highest BCUT2D eigenvalue weighted by Gasteiger charge is 2.14. The molecule has 2 aromatic carbocycles. The molecule has 0 spiro atoms. The Morgan fingerprint density at radius 1 is 1.19 bits per heavy atom. The second-order valence-electron chi connectivity index (χ2n) is 5.44. The summed E-state index contributed by atoms with van der Waals surface area (Å²) in [6, 6.07) is 13.4. The Bertz CT molecular complexity index is 919. The predicted molar refractivity (Wildman–Crippen MR) is 100.0 cm³/mol. The Kier molecular flexibility index (Phi) is 6.41. The number of carbonyl (C=O) groups is 1. The summed E-state index contributed by atoms with van der Waals surface area (Å²) in [6.07, 6.45) is 0.312. The van der Waals surface area contributed by atoms with E-state index in [1.807, 2.05) is 0 Å². The molecule has 3 aromatic rings. The Hall–Kier alpha value is -2.45. The molecule has 3 rings (SSSR count). The zero-order valence-electron chi connectivity index (χ0n) is 13.9. The minimum atomic E-state index is -2.56. The highest BCUT2D eigenvalue weighted by molar-refractivity contribution is 7.99. The van der Waals surface area contributed by atoms with Gasteiger partial charge in [0.2, 0.25) is 17.6 Å². The van der Waals surface area contributed by atoms with Crippen molar-refractivity contribution in [2.75, 3.05) is 5.32 Å². The monoisotopic (exact) mass is 409 g/mol. The fourth-order valence-corrected chi connectivity index (χ4v) is 3.00. The van der Waals surface area contributed by atoms with Gasteiger partial charge in [0.1, 0.15) is 0 Å². The highest BCUT2D eigenvalue weighted by Crippen LogP contribution is 2.31. The quantitative estimate of drug-likeness (QED) is 0.538. The molecule has 0 saturated carbocycles. The minimum Gasteiger partial charge on any atom is -0.339 e. The van der Waals surface area contributed by atoms with E-state index >= 15 is 0 Å². The fourth-order valence-electron chi connectivity index (χ4n) is 2.27. The molecule has 1 amide bonds. The zero-order chi connectivity index (χ0) is 19.2. The predicted octanol–water partition coefficient (Wildman–Crippen LogP) is 5.28. The van der Waals surface area contributed by atoms with Gasteiger partial charge in [-0.1, -0.05) is 40.7 Å². The second kappa shape index (κ2) is 8.96. The van der Waals surface area contributed by atoms with E-state index in [9.17, 15) is 13.6 Å². The molecule has 0 aliphatic carbocycles. The molecule has 0 bridgehead atoms. The van der Waals surface area contributed by atoms with Gasteiger partial charge in [-0.2, -0.15) is 13.8 Å². The van der Waals surface area contributed by atoms with Gasteiger partial charge in [0.15, 0.2) is 0 Å². The summed E-state index contributed by atoms with van der Waals surface area (Å²) in [5.41, 5.74) is 1.09. The van der Waals surface area contributed by atoms with E-state index < -0.39 is 5.76 Å². The van der Waals surface area contributed by atoms with Gasteiger partial charge in [-0.3, -0.25) is 4.79 Å². The standard InChI is InChI=1S/C18H14ClF2N3O2S/c19-12-7-5-11(6-8-12)17-23-16(26-24-17)10-9-15(25)22-13-3-1-2-4-14(13)27-18(20)21/h1-8,18H,9-10H2,(H,22,25). The maximum Gasteiger partial charge on any atom is 0.288 e. The summed E-state index contributed by atoms with van der Waals surface area (Å²) < 4.78 is 30.3. The van der Waals surface area contributed by atoms with Crippen LogP contribution in [0.25, 0.3) is 11.4 Å². The Morgan fingerprint density at radius 3 is 2.67 bits per heavy atom. The Labute approximate surface area is 163 Å². The number of alkyl halides is 2. The van der Waals surface area contributed by atoms with Crippen LogP contribution in [0, 0.1) is 0 Å². The summed E-state index contributed by atoms with van der Waals surface area (Å²) in [7, 11) is 0. The van der Waals surface area contributed by atoms with Crippen LogP contribution in [0.5, 0.6) is 0 Å². The number of thioether (sulfide) groups is 1. The average Bonchev–Trinajstić information content (AvgIpc) is 3.11. The first-order valence-corrected chi connectivity index (χ1v) is 9.19. The number of amides is 1. The fraction of sp³-hybridized carbons (Fsp3) is 0.167. The number of hydrogen-bond acceptors (Lipinski definition) is 5. The minimum absolute atomic E-state index is 0.0793. The topological polar surface area (TPSA) is 68.0 Å². The first-order valence-electron chi connectivity index (χ1n) is 7.93. The van der Waals surface area contributed by atoms with Crippen LogP contribution in [0.2, 0.25) is 5.02 Å². The SMILES string of the molecule is O=C(CCc1nc(-c2ccc(Cl)cc2)no1)Nc1ccccc1SC(F)F. The molecule has 27 heavy (non-hydrogen) atoms. The van der Waals surface area contributed by atoms with Crippen molar-refractivity contribution in [3.63, 3.8) is 0 Å². The molecule has 1 N–H and O–H groups in total. The summed E-state index contributed by atoms with van der Waals surface area (Å²) >= 11 is 6.23. The van der Waals surface area contributed by atoms with Gasteiger partial charge in [0, 0.05) is 28.3 Å². The van der Waals surface area contributed by atoms with Crippen LogP contribution in [0.1, 0.15) is 12.3 Å². The summed E-state index contributed by atoms with van der Waals surface area (Å²) in [5.74, 6) is -2.18. The third kappa shape index (κ3) is 5.51. The van der Waals surface area contributed by atoms with Crippen LogP contribution < -0.4 is 5.32 Å². The lowest BCUT2D eigenvalue weighted by Gasteiger charge is -2.09. The highest BCUT2D eigenvalue weighted by atomic mass is 35.5. The van der Waals surface area contributed by atoms with E-state index in [4.69, 9.17) is 16.1 Å². The van der Waals surface area contributed by atoms with Crippen molar-refractivity contribution in [1.82, 2.24) is 10.1 Å². The molecule has 140 valence electrons. The Balaban J connectivity index is 1.58. The van der Waals surface area contributed by atoms with Crippen molar-refractivity contribution < 1.29 is 18.1 Å². The van der Waals surface area contributed by atoms with Crippen molar-refractivity contribution in [1.29, 1.82) is 0 Å². The second-order valence-corrected chi connectivity index (χ2v) is 6.91. The molecule has 5 nitrogen and oxygen atoms in total. The summed E-state index contributed by atoms with van der Waals surface area (Å²) in [6.45, 7) is 0. The number of nitrogens with zero attached hydrogens (tertiary/aromatic N) is 2. The van der Waals surface area contributed by atoms with E-state index in [0.29, 0.717) is 39.1 Å². The molecule has 0 fully saturated rings. The van der Waals surface area contributed by atoms with Crippen LogP contribution >= 0.6 is 23.4 Å². The smallest absolute Gasteiger partial charge is 0.288 e. The number of aromatic nitrogens is 2. The van der Waals surface area contributed by atoms with Crippen LogP contribution in [0.3, 0.4) is 0 Å². The summed E-state index contributed by atoms with van der Waals surface area (Å²) in [5, 5.41) is 7.11. The third-order valence-electron chi connectivity index (χ3n) is 3.51. The van der Waals surface area contributed by atoms with E-state index in [0.717, 1.165) is 5.56 Å². The molecule has 0 aliphatic rings. The van der Waals surface area contributed by atoms with Gasteiger partial charge in [0.05, 0.1) is 5.69 Å². The molecular weight excluding hydrogens is 396 g/mol. The first kappa shape index (κ1) is 19.3. The number of nitrogens with one attached hydrogen (secondary N) is 1. The van der Waals surface area contributed by atoms with Gasteiger partial charge in [-0.05, 0) is 36.4 Å².